The van der Waals surface area contributed by atoms with E-state index in [2.05, 4.69) is 211 Å². The van der Waals surface area contributed by atoms with Crippen LogP contribution in [0.3, 0.4) is 0 Å². The molecule has 0 N–H and O–H groups in total. The second-order valence-electron chi connectivity index (χ2n) is 12.6. The van der Waals surface area contributed by atoms with Gasteiger partial charge >= 0.3 is 0 Å². The number of hydrogen-bond donors (Lipinski definition) is 0. The van der Waals surface area contributed by atoms with Crippen molar-refractivity contribution >= 4 is 34.0 Å². The zero-order valence-corrected chi connectivity index (χ0v) is 29.5. The number of rotatable bonds is 11. The number of para-hydroxylation sites is 1. The van der Waals surface area contributed by atoms with Gasteiger partial charge in [-0.1, -0.05) is 146 Å². The van der Waals surface area contributed by atoms with E-state index in [0.29, 0.717) is 0 Å². The molecule has 1 aliphatic rings. The first-order valence-corrected chi connectivity index (χ1v) is 17.8. The van der Waals surface area contributed by atoms with Gasteiger partial charge in [0.05, 0.1) is 0 Å². The van der Waals surface area contributed by atoms with Crippen LogP contribution in [0.1, 0.15) is 18.9 Å². The van der Waals surface area contributed by atoms with Crippen LogP contribution in [0.2, 0.25) is 0 Å². The van der Waals surface area contributed by atoms with Crippen LogP contribution < -0.4 is 9.80 Å². The molecule has 7 rings (SSSR count). The van der Waals surface area contributed by atoms with Crippen LogP contribution in [0.25, 0.3) is 27.8 Å². The largest absolute Gasteiger partial charge is 0.311 e. The van der Waals surface area contributed by atoms with Crippen molar-refractivity contribution < 1.29 is 0 Å². The smallest absolute Gasteiger partial charge is 0.0462 e. The van der Waals surface area contributed by atoms with Crippen molar-refractivity contribution in [3.05, 3.63) is 230 Å². The Morgan fingerprint density at radius 1 is 0.519 bits per heavy atom. The third-order valence-electron chi connectivity index (χ3n) is 9.20. The predicted molar refractivity (Wildman–Crippen MR) is 225 cm³/mol. The lowest BCUT2D eigenvalue weighted by Gasteiger charge is -2.27. The van der Waals surface area contributed by atoms with E-state index in [-0.39, 0.29) is 0 Å². The van der Waals surface area contributed by atoms with Gasteiger partial charge < -0.3 is 9.80 Å². The predicted octanol–water partition coefficient (Wildman–Crippen LogP) is 14.2. The van der Waals surface area contributed by atoms with Gasteiger partial charge in [-0.05, 0) is 120 Å². The van der Waals surface area contributed by atoms with Gasteiger partial charge in [0.25, 0.3) is 0 Å². The highest BCUT2D eigenvalue weighted by Gasteiger charge is 2.15. The Hall–Kier alpha value is -6.64. The zero-order valence-electron chi connectivity index (χ0n) is 29.5. The second-order valence-corrected chi connectivity index (χ2v) is 12.6. The average Bonchev–Trinajstić information content (AvgIpc) is 3.51. The van der Waals surface area contributed by atoms with Crippen molar-refractivity contribution in [1.82, 2.24) is 0 Å². The van der Waals surface area contributed by atoms with Crippen molar-refractivity contribution in [3.63, 3.8) is 0 Å². The first-order chi connectivity index (χ1) is 25.7. The Bertz CT molecular complexity index is 2240. The molecule has 0 saturated carbocycles. The Balaban J connectivity index is 1.17. The van der Waals surface area contributed by atoms with Crippen LogP contribution in [-0.4, -0.2) is 0 Å². The molecule has 0 aromatic heterocycles. The zero-order chi connectivity index (χ0) is 35.5. The molecule has 2 heteroatoms. The molecular formula is C50H42N2. The van der Waals surface area contributed by atoms with Gasteiger partial charge in [-0.2, -0.15) is 0 Å². The summed E-state index contributed by atoms with van der Waals surface area (Å²) < 4.78 is 0. The molecule has 0 heterocycles. The second kappa shape index (κ2) is 16.4. The fourth-order valence-electron chi connectivity index (χ4n) is 6.51. The molecule has 252 valence electrons. The summed E-state index contributed by atoms with van der Waals surface area (Å²) >= 11 is 0. The van der Waals surface area contributed by atoms with Crippen LogP contribution in [0.4, 0.5) is 28.4 Å². The van der Waals surface area contributed by atoms with Crippen molar-refractivity contribution in [2.75, 3.05) is 9.80 Å². The molecule has 0 unspecified atom stereocenters. The Kier molecular flexibility index (Phi) is 10.7. The van der Waals surface area contributed by atoms with Gasteiger partial charge in [0.2, 0.25) is 0 Å². The maximum atomic E-state index is 4.16. The number of allylic oxidation sites excluding steroid dienone is 10. The standard InChI is InChI=1S/C50H42N2/c1-3-5-20-45(4-2)51(47-31-23-41(24-32-47)40-18-12-8-13-19-40)48-33-27-43(28-34-48)44-29-37-50(38-30-44)52(46-21-14-9-15-22-46)49-35-25-42(26-36-49)39-16-10-6-7-11-17-39/h3-6,8-38H,2,7H2,1H3/b5-3-,45-20+. The van der Waals surface area contributed by atoms with E-state index in [1.165, 1.54) is 22.3 Å². The van der Waals surface area contributed by atoms with E-state index in [9.17, 15) is 0 Å². The van der Waals surface area contributed by atoms with Gasteiger partial charge in [-0.25, -0.2) is 0 Å². The molecule has 0 atom stereocenters. The summed E-state index contributed by atoms with van der Waals surface area (Å²) in [5.74, 6) is 0. The van der Waals surface area contributed by atoms with Gasteiger partial charge in [0.1, 0.15) is 0 Å². The molecule has 0 bridgehead atoms. The van der Waals surface area contributed by atoms with E-state index >= 15 is 0 Å². The molecule has 0 amide bonds. The minimum Gasteiger partial charge on any atom is -0.311 e. The monoisotopic (exact) mass is 670 g/mol. The van der Waals surface area contributed by atoms with Gasteiger partial charge in [0, 0.05) is 34.1 Å². The molecule has 0 fully saturated rings. The van der Waals surface area contributed by atoms with Gasteiger partial charge in [0.15, 0.2) is 0 Å². The quantitative estimate of drug-likeness (QED) is 0.127. The minimum absolute atomic E-state index is 0.965. The maximum absolute atomic E-state index is 4.16. The van der Waals surface area contributed by atoms with E-state index in [1.807, 2.05) is 25.1 Å². The SMILES string of the molecule is C=C/C(=C\C=C/C)N(c1ccc(-c2ccccc2)cc1)c1ccc(-c2ccc(N(c3ccccc3)c3ccc(C4=CC=CCC=C4)cc3)cc2)cc1. The fourth-order valence-corrected chi connectivity index (χ4v) is 6.51. The van der Waals surface area contributed by atoms with Crippen molar-refractivity contribution in [2.45, 2.75) is 13.3 Å². The van der Waals surface area contributed by atoms with Crippen LogP contribution in [0.15, 0.2) is 225 Å². The lowest BCUT2D eigenvalue weighted by atomic mass is 10.0. The highest BCUT2D eigenvalue weighted by molar-refractivity contribution is 5.82. The summed E-state index contributed by atoms with van der Waals surface area (Å²) in [4.78, 5) is 4.56. The summed E-state index contributed by atoms with van der Waals surface area (Å²) in [6.45, 7) is 6.18. The Morgan fingerprint density at radius 2 is 0.981 bits per heavy atom. The fraction of sp³-hybridized carbons (Fsp3) is 0.0400. The van der Waals surface area contributed by atoms with Gasteiger partial charge in [-0.3, -0.25) is 0 Å². The first kappa shape index (κ1) is 33.8. The van der Waals surface area contributed by atoms with Crippen LogP contribution in [-0.2, 0) is 0 Å². The Morgan fingerprint density at radius 3 is 1.50 bits per heavy atom. The third kappa shape index (κ3) is 7.72. The highest BCUT2D eigenvalue weighted by Crippen LogP contribution is 2.38. The van der Waals surface area contributed by atoms with E-state index in [1.54, 1.807) is 0 Å². The number of benzene rings is 6. The lowest BCUT2D eigenvalue weighted by Crippen LogP contribution is -2.14. The summed E-state index contributed by atoms with van der Waals surface area (Å²) in [5, 5.41) is 0. The number of anilines is 5. The maximum Gasteiger partial charge on any atom is 0.0462 e. The van der Waals surface area contributed by atoms with E-state index < -0.39 is 0 Å². The molecule has 0 radical (unpaired) electrons. The summed E-state index contributed by atoms with van der Waals surface area (Å²) in [6, 6.07) is 56.2. The van der Waals surface area contributed by atoms with Crippen LogP contribution in [0.5, 0.6) is 0 Å². The summed E-state index contributed by atoms with van der Waals surface area (Å²) in [7, 11) is 0. The van der Waals surface area contributed by atoms with Crippen LogP contribution in [0, 0.1) is 0 Å². The number of hydrogen-bond acceptors (Lipinski definition) is 2. The lowest BCUT2D eigenvalue weighted by molar-refractivity contribution is 1.21. The summed E-state index contributed by atoms with van der Waals surface area (Å²) in [5.41, 5.74) is 13.6. The van der Waals surface area contributed by atoms with E-state index in [4.69, 9.17) is 0 Å². The Labute approximate surface area is 308 Å². The minimum atomic E-state index is 0.965. The molecule has 1 aliphatic carbocycles. The normalized spacial score (nSPS) is 12.7. The molecule has 2 nitrogen and oxygen atoms in total. The molecule has 52 heavy (non-hydrogen) atoms. The average molecular weight is 671 g/mol. The highest BCUT2D eigenvalue weighted by atomic mass is 15.1. The van der Waals surface area contributed by atoms with Crippen LogP contribution >= 0.6 is 0 Å². The molecule has 0 aliphatic heterocycles. The molecule has 6 aromatic rings. The van der Waals surface area contributed by atoms with Crippen molar-refractivity contribution in [2.24, 2.45) is 0 Å². The van der Waals surface area contributed by atoms with E-state index in [0.717, 1.165) is 51.7 Å². The van der Waals surface area contributed by atoms with Crippen molar-refractivity contribution in [1.29, 1.82) is 0 Å². The van der Waals surface area contributed by atoms with Crippen molar-refractivity contribution in [3.8, 4) is 22.3 Å². The van der Waals surface area contributed by atoms with Gasteiger partial charge in [-0.15, -0.1) is 0 Å². The molecular weight excluding hydrogens is 629 g/mol. The third-order valence-corrected chi connectivity index (χ3v) is 9.20. The molecule has 0 saturated heterocycles. The summed E-state index contributed by atoms with van der Waals surface area (Å²) in [6.07, 6.45) is 20.0. The first-order valence-electron chi connectivity index (χ1n) is 17.8. The molecule has 6 aromatic carbocycles. The topological polar surface area (TPSA) is 6.48 Å². The molecule has 0 spiro atoms. The number of nitrogens with zero attached hydrogens (tertiary/aromatic N) is 2.